The Morgan fingerprint density at radius 3 is 2.87 bits per heavy atom. The summed E-state index contributed by atoms with van der Waals surface area (Å²) in [4.78, 5) is 28.0. The van der Waals surface area contributed by atoms with Gasteiger partial charge in [0.15, 0.2) is 5.01 Å². The van der Waals surface area contributed by atoms with Crippen molar-refractivity contribution < 1.29 is 9.59 Å². The molecule has 0 saturated heterocycles. The fourth-order valence-electron chi connectivity index (χ4n) is 2.28. The summed E-state index contributed by atoms with van der Waals surface area (Å²) in [5.74, 6) is -0.785. The van der Waals surface area contributed by atoms with E-state index in [0.29, 0.717) is 10.7 Å². The molecule has 3 N–H and O–H groups in total. The van der Waals surface area contributed by atoms with Crippen molar-refractivity contribution in [3.63, 3.8) is 0 Å². The van der Waals surface area contributed by atoms with Crippen molar-refractivity contribution in [3.05, 3.63) is 51.1 Å². The molecule has 0 bridgehead atoms. The second-order valence-electron chi connectivity index (χ2n) is 4.97. The van der Waals surface area contributed by atoms with Gasteiger partial charge in [-0.05, 0) is 18.2 Å². The first-order valence-corrected chi connectivity index (χ1v) is 7.93. The highest BCUT2D eigenvalue weighted by Crippen LogP contribution is 2.22. The molecule has 118 valence electrons. The van der Waals surface area contributed by atoms with E-state index >= 15 is 0 Å². The Bertz CT molecular complexity index is 915. The molecule has 0 aliphatic rings. The third kappa shape index (κ3) is 3.06. The number of nitrogens with zero attached hydrogens (tertiary/aromatic N) is 2. The Labute approximate surface area is 140 Å². The summed E-state index contributed by atoms with van der Waals surface area (Å²) in [6, 6.07) is 7.28. The molecular weight excluding hydrogens is 336 g/mol. The number of benzene rings is 1. The van der Waals surface area contributed by atoms with Crippen LogP contribution in [0.5, 0.6) is 0 Å². The van der Waals surface area contributed by atoms with Gasteiger partial charge in [-0.3, -0.25) is 9.59 Å². The Hall–Kier alpha value is -2.38. The summed E-state index contributed by atoms with van der Waals surface area (Å²) in [5.41, 5.74) is 6.57. The van der Waals surface area contributed by atoms with Crippen molar-refractivity contribution in [1.29, 1.82) is 0 Å². The van der Waals surface area contributed by atoms with Crippen LogP contribution in [0.3, 0.4) is 0 Å². The van der Waals surface area contributed by atoms with Crippen LogP contribution in [0.15, 0.2) is 30.5 Å². The number of aryl methyl sites for hydroxylation is 1. The number of carbonyl (C=O) groups is 2. The van der Waals surface area contributed by atoms with Crippen LogP contribution < -0.4 is 11.1 Å². The predicted octanol–water partition coefficient (Wildman–Crippen LogP) is 2.32. The highest BCUT2D eigenvalue weighted by Gasteiger charge is 2.14. The maximum Gasteiger partial charge on any atom is 0.277 e. The highest BCUT2D eigenvalue weighted by atomic mass is 35.5. The number of aromatic nitrogens is 2. The predicted molar refractivity (Wildman–Crippen MR) is 89.7 cm³/mol. The standard InChI is InChI=1S/C15H13ClN4O2S/c1-20-11-5-9(16)3-2-8(11)4-12(20)14(22)18-6-10-7-19-15(23-10)13(17)21/h2-5,7H,6H2,1H3,(H2,17,21)(H,18,22). The van der Waals surface area contributed by atoms with E-state index in [1.54, 1.807) is 10.6 Å². The van der Waals surface area contributed by atoms with Crippen molar-refractivity contribution in [2.75, 3.05) is 0 Å². The van der Waals surface area contributed by atoms with Gasteiger partial charge < -0.3 is 15.6 Å². The Kier molecular flexibility index (Phi) is 4.06. The molecule has 3 rings (SSSR count). The van der Waals surface area contributed by atoms with Gasteiger partial charge in [0.25, 0.3) is 11.8 Å². The molecule has 6 nitrogen and oxygen atoms in total. The van der Waals surface area contributed by atoms with Gasteiger partial charge in [-0.25, -0.2) is 4.98 Å². The fraction of sp³-hybridized carbons (Fsp3) is 0.133. The van der Waals surface area contributed by atoms with Crippen molar-refractivity contribution in [2.24, 2.45) is 12.8 Å². The molecule has 0 aliphatic carbocycles. The molecule has 0 aliphatic heterocycles. The SMILES string of the molecule is Cn1c(C(=O)NCc2cnc(C(N)=O)s2)cc2ccc(Cl)cc21. The number of fused-ring (bicyclic) bond motifs is 1. The van der Waals surface area contributed by atoms with Crippen LogP contribution in [0.2, 0.25) is 5.02 Å². The third-order valence-electron chi connectivity index (χ3n) is 3.43. The number of primary amides is 1. The van der Waals surface area contributed by atoms with Crippen LogP contribution in [0.4, 0.5) is 0 Å². The summed E-state index contributed by atoms with van der Waals surface area (Å²) in [7, 11) is 1.81. The number of rotatable bonds is 4. The average Bonchev–Trinajstić information content (AvgIpc) is 3.11. The van der Waals surface area contributed by atoms with Gasteiger partial charge in [0.1, 0.15) is 5.69 Å². The van der Waals surface area contributed by atoms with Crippen LogP contribution in [0.25, 0.3) is 10.9 Å². The first kappa shape index (κ1) is 15.5. The minimum Gasteiger partial charge on any atom is -0.364 e. The smallest absolute Gasteiger partial charge is 0.277 e. The average molecular weight is 349 g/mol. The Morgan fingerprint density at radius 2 is 2.17 bits per heavy atom. The van der Waals surface area contributed by atoms with Crippen LogP contribution >= 0.6 is 22.9 Å². The van der Waals surface area contributed by atoms with E-state index in [9.17, 15) is 9.59 Å². The summed E-state index contributed by atoms with van der Waals surface area (Å²) in [6.45, 7) is 0.284. The summed E-state index contributed by atoms with van der Waals surface area (Å²) >= 11 is 7.16. The first-order chi connectivity index (χ1) is 11.0. The minimum absolute atomic E-state index is 0.214. The van der Waals surface area contributed by atoms with Gasteiger partial charge in [0, 0.05) is 34.0 Å². The third-order valence-corrected chi connectivity index (χ3v) is 4.67. The normalized spacial score (nSPS) is 10.9. The van der Waals surface area contributed by atoms with Gasteiger partial charge in [0.2, 0.25) is 0 Å². The topological polar surface area (TPSA) is 90.0 Å². The molecule has 0 atom stereocenters. The second kappa shape index (κ2) is 6.02. The quantitative estimate of drug-likeness (QED) is 0.758. The highest BCUT2D eigenvalue weighted by molar-refractivity contribution is 7.13. The zero-order chi connectivity index (χ0) is 16.6. The van der Waals surface area contributed by atoms with E-state index in [1.165, 1.54) is 6.20 Å². The Balaban J connectivity index is 1.77. The van der Waals surface area contributed by atoms with Crippen LogP contribution in [-0.4, -0.2) is 21.4 Å². The van der Waals surface area contributed by atoms with Crippen LogP contribution in [-0.2, 0) is 13.6 Å². The monoisotopic (exact) mass is 348 g/mol. The number of amides is 2. The largest absolute Gasteiger partial charge is 0.364 e. The van der Waals surface area contributed by atoms with E-state index < -0.39 is 5.91 Å². The van der Waals surface area contributed by atoms with Crippen molar-refractivity contribution in [1.82, 2.24) is 14.9 Å². The summed E-state index contributed by atoms with van der Waals surface area (Å²) in [6.07, 6.45) is 1.53. The molecule has 2 heterocycles. The second-order valence-corrected chi connectivity index (χ2v) is 6.52. The maximum atomic E-state index is 12.4. The van der Waals surface area contributed by atoms with Gasteiger partial charge in [0.05, 0.1) is 6.54 Å². The van der Waals surface area contributed by atoms with Gasteiger partial charge in [-0.15, -0.1) is 11.3 Å². The van der Waals surface area contributed by atoms with Crippen molar-refractivity contribution in [3.8, 4) is 0 Å². The number of nitrogens with one attached hydrogen (secondary N) is 1. The molecule has 0 spiro atoms. The lowest BCUT2D eigenvalue weighted by Crippen LogP contribution is -2.24. The lowest BCUT2D eigenvalue weighted by molar-refractivity contribution is 0.0942. The number of hydrogen-bond acceptors (Lipinski definition) is 4. The van der Waals surface area contributed by atoms with E-state index in [-0.39, 0.29) is 17.5 Å². The Morgan fingerprint density at radius 1 is 1.39 bits per heavy atom. The molecule has 2 aromatic heterocycles. The lowest BCUT2D eigenvalue weighted by atomic mass is 10.2. The molecule has 23 heavy (non-hydrogen) atoms. The molecule has 1 aromatic carbocycles. The lowest BCUT2D eigenvalue weighted by Gasteiger charge is -2.05. The van der Waals surface area contributed by atoms with Gasteiger partial charge in [-0.1, -0.05) is 17.7 Å². The summed E-state index contributed by atoms with van der Waals surface area (Å²) in [5, 5.41) is 4.60. The number of thiazole rings is 1. The van der Waals surface area contributed by atoms with E-state index in [4.69, 9.17) is 17.3 Å². The zero-order valence-corrected chi connectivity index (χ0v) is 13.7. The molecule has 0 radical (unpaired) electrons. The van der Waals surface area contributed by atoms with E-state index in [2.05, 4.69) is 10.3 Å². The van der Waals surface area contributed by atoms with Crippen LogP contribution in [0.1, 0.15) is 25.2 Å². The number of nitrogens with two attached hydrogens (primary N) is 1. The number of hydrogen-bond donors (Lipinski definition) is 2. The number of carbonyl (C=O) groups excluding carboxylic acids is 2. The molecular formula is C15H13ClN4O2S. The van der Waals surface area contributed by atoms with Crippen molar-refractivity contribution >= 4 is 45.7 Å². The van der Waals surface area contributed by atoms with Gasteiger partial charge in [-0.2, -0.15) is 0 Å². The van der Waals surface area contributed by atoms with Crippen molar-refractivity contribution in [2.45, 2.75) is 6.54 Å². The van der Waals surface area contributed by atoms with E-state index in [1.807, 2.05) is 25.2 Å². The van der Waals surface area contributed by atoms with Crippen LogP contribution in [0, 0.1) is 0 Å². The maximum absolute atomic E-state index is 12.4. The minimum atomic E-state index is -0.571. The number of halogens is 1. The molecule has 8 heteroatoms. The fourth-order valence-corrected chi connectivity index (χ4v) is 3.15. The summed E-state index contributed by atoms with van der Waals surface area (Å²) < 4.78 is 1.79. The molecule has 0 fully saturated rings. The van der Waals surface area contributed by atoms with E-state index in [0.717, 1.165) is 27.1 Å². The molecule has 2 amide bonds. The molecule has 3 aromatic rings. The zero-order valence-electron chi connectivity index (χ0n) is 12.2. The van der Waals surface area contributed by atoms with Gasteiger partial charge >= 0.3 is 0 Å². The first-order valence-electron chi connectivity index (χ1n) is 6.73. The molecule has 0 saturated carbocycles. The molecule has 0 unspecified atom stereocenters.